The molecule has 2 rings (SSSR count). The molecule has 0 aliphatic carbocycles. The van der Waals surface area contributed by atoms with Crippen LogP contribution >= 0.6 is 27.4 Å². The first-order valence-corrected chi connectivity index (χ1v) is 16.5. The van der Waals surface area contributed by atoms with Gasteiger partial charge < -0.3 is 9.05 Å². The Morgan fingerprint density at radius 2 is 0.821 bits per heavy atom. The predicted octanol–water partition coefficient (Wildman–Crippen LogP) is 7.97. The molecule has 0 atom stereocenters. The lowest BCUT2D eigenvalue weighted by Crippen LogP contribution is -2.19. The fourth-order valence-electron chi connectivity index (χ4n) is 3.88. The summed E-state index contributed by atoms with van der Waals surface area (Å²) in [6, 6.07) is 7.42. The van der Waals surface area contributed by atoms with E-state index in [2.05, 4.69) is 0 Å². The largest absolute Gasteiger partial charge is 0.524 e. The molecule has 0 bridgehead atoms. The zero-order valence-corrected chi connectivity index (χ0v) is 27.6. The highest BCUT2D eigenvalue weighted by molar-refractivity contribution is 7.99. The Balaban J connectivity index is 3.08. The number of hydrogen-bond donors (Lipinski definition) is 4. The van der Waals surface area contributed by atoms with Crippen LogP contribution in [0.1, 0.15) is 105 Å². The molecule has 2 aromatic rings. The zero-order valence-electron chi connectivity index (χ0n) is 25.0. The molecule has 0 aliphatic rings. The number of hydrogen-bond acceptors (Lipinski definition) is 5. The number of benzene rings is 2. The SMILES string of the molecule is CC(C)(C)c1cc(Sc2cc(C(C)(C)C)cc(C(C)(C)C)c2OP(=O)(O)O)c(OP(=O)(O)O)c(C(C)(C)C)c1. The van der Waals surface area contributed by atoms with Crippen molar-refractivity contribution in [2.45, 2.75) is 115 Å². The van der Waals surface area contributed by atoms with Gasteiger partial charge >= 0.3 is 15.6 Å². The molecule has 4 N–H and O–H groups in total. The minimum Gasteiger partial charge on any atom is -0.403 e. The highest BCUT2D eigenvalue weighted by atomic mass is 32.2. The van der Waals surface area contributed by atoms with Crippen molar-refractivity contribution in [3.63, 3.8) is 0 Å². The van der Waals surface area contributed by atoms with Crippen LogP contribution in [0.25, 0.3) is 0 Å². The van der Waals surface area contributed by atoms with Gasteiger partial charge in [0.2, 0.25) is 0 Å². The maximum Gasteiger partial charge on any atom is 0.524 e. The Hall–Kier alpha value is -1.31. The molecule has 39 heavy (non-hydrogen) atoms. The van der Waals surface area contributed by atoms with E-state index in [0.29, 0.717) is 20.9 Å². The van der Waals surface area contributed by atoms with Crippen LogP contribution in [0.4, 0.5) is 0 Å². The van der Waals surface area contributed by atoms with E-state index in [1.165, 1.54) is 0 Å². The summed E-state index contributed by atoms with van der Waals surface area (Å²) in [5, 5.41) is 0. The highest BCUT2D eigenvalue weighted by Crippen LogP contribution is 2.54. The molecule has 0 heterocycles. The van der Waals surface area contributed by atoms with Crippen LogP contribution in [-0.4, -0.2) is 19.6 Å². The monoisotopic (exact) mass is 602 g/mol. The Morgan fingerprint density at radius 1 is 0.538 bits per heavy atom. The van der Waals surface area contributed by atoms with Gasteiger partial charge in [0.15, 0.2) is 0 Å². The minimum absolute atomic E-state index is 0.0226. The molecule has 0 saturated carbocycles. The van der Waals surface area contributed by atoms with E-state index in [4.69, 9.17) is 9.05 Å². The molecule has 8 nitrogen and oxygen atoms in total. The first-order valence-electron chi connectivity index (χ1n) is 12.7. The van der Waals surface area contributed by atoms with Gasteiger partial charge in [0.25, 0.3) is 0 Å². The van der Waals surface area contributed by atoms with E-state index in [1.807, 2.05) is 107 Å². The Labute approximate surface area is 237 Å². The molecular weight excluding hydrogens is 558 g/mol. The summed E-state index contributed by atoms with van der Waals surface area (Å²) in [6.07, 6.45) is 0. The van der Waals surface area contributed by atoms with Gasteiger partial charge in [-0.2, -0.15) is 0 Å². The van der Waals surface area contributed by atoms with Crippen molar-refractivity contribution in [2.75, 3.05) is 0 Å². The van der Waals surface area contributed by atoms with Gasteiger partial charge in [0, 0.05) is 11.1 Å². The second-order valence-electron chi connectivity index (χ2n) is 14.0. The van der Waals surface area contributed by atoms with Crippen molar-refractivity contribution >= 4 is 27.4 Å². The lowest BCUT2D eigenvalue weighted by molar-refractivity contribution is 0.276. The molecule has 0 spiro atoms. The minimum atomic E-state index is -4.96. The first-order chi connectivity index (χ1) is 17.1. The standard InChI is InChI=1S/C28H44O8P2S/c1-25(2,3)17-13-19(27(7,8)9)23(35-37(29,30)31)21(15-17)39-22-16-18(26(4,5)6)14-20(28(10,11)12)24(22)36-38(32,33)34/h13-16H,1-12H3,(H2,29,30,31)(H2,32,33,34). The van der Waals surface area contributed by atoms with Gasteiger partial charge in [-0.15, -0.1) is 0 Å². The third-order valence-corrected chi connectivity index (χ3v) is 7.99. The summed E-state index contributed by atoms with van der Waals surface area (Å²) in [4.78, 5) is 40.2. The van der Waals surface area contributed by atoms with Gasteiger partial charge in [0.05, 0.1) is 9.79 Å². The van der Waals surface area contributed by atoms with Crippen molar-refractivity contribution in [1.29, 1.82) is 0 Å². The quantitative estimate of drug-likeness (QED) is 0.243. The van der Waals surface area contributed by atoms with Gasteiger partial charge in [0.1, 0.15) is 11.5 Å². The van der Waals surface area contributed by atoms with Crippen LogP contribution in [0.3, 0.4) is 0 Å². The van der Waals surface area contributed by atoms with Gasteiger partial charge in [-0.25, -0.2) is 9.13 Å². The molecule has 2 aromatic carbocycles. The van der Waals surface area contributed by atoms with E-state index in [-0.39, 0.29) is 22.3 Å². The van der Waals surface area contributed by atoms with Crippen molar-refractivity contribution in [3.8, 4) is 11.5 Å². The second kappa shape index (κ2) is 10.8. The summed E-state index contributed by atoms with van der Waals surface area (Å²) in [6.45, 7) is 23.8. The van der Waals surface area contributed by atoms with Crippen LogP contribution in [-0.2, 0) is 30.8 Å². The maximum absolute atomic E-state index is 12.1. The van der Waals surface area contributed by atoms with E-state index in [9.17, 15) is 28.7 Å². The smallest absolute Gasteiger partial charge is 0.403 e. The topological polar surface area (TPSA) is 134 Å². The Bertz CT molecular complexity index is 1210. The summed E-state index contributed by atoms with van der Waals surface area (Å²) in [5.74, 6) is 0.0452. The molecule has 0 amide bonds. The van der Waals surface area contributed by atoms with Gasteiger partial charge in [-0.05, 0) is 44.9 Å². The van der Waals surface area contributed by atoms with Crippen LogP contribution in [0.15, 0.2) is 34.1 Å². The molecule has 0 aliphatic heterocycles. The normalized spacial score (nSPS) is 13.9. The van der Waals surface area contributed by atoms with Crippen LogP contribution in [0, 0.1) is 0 Å². The molecule has 0 saturated heterocycles. The van der Waals surface area contributed by atoms with Gasteiger partial charge in [-0.1, -0.05) is 107 Å². The lowest BCUT2D eigenvalue weighted by Gasteiger charge is -2.31. The third kappa shape index (κ3) is 9.36. The van der Waals surface area contributed by atoms with Crippen LogP contribution in [0.5, 0.6) is 11.5 Å². The fourth-order valence-corrected chi connectivity index (χ4v) is 5.97. The molecule has 220 valence electrons. The molecule has 0 fully saturated rings. The fraction of sp³-hybridized carbons (Fsp3) is 0.571. The van der Waals surface area contributed by atoms with Crippen molar-refractivity contribution in [1.82, 2.24) is 0 Å². The molecular formula is C28H44O8P2S. The zero-order chi connectivity index (χ0) is 30.6. The van der Waals surface area contributed by atoms with Crippen molar-refractivity contribution in [2.24, 2.45) is 0 Å². The lowest BCUT2D eigenvalue weighted by atomic mass is 9.80. The molecule has 0 unspecified atom stereocenters. The van der Waals surface area contributed by atoms with Crippen molar-refractivity contribution < 1.29 is 37.8 Å². The summed E-state index contributed by atoms with van der Waals surface area (Å²) in [7, 11) is -9.92. The van der Waals surface area contributed by atoms with Gasteiger partial charge in [-0.3, -0.25) is 19.6 Å². The average Bonchev–Trinajstić information content (AvgIpc) is 2.64. The average molecular weight is 603 g/mol. The van der Waals surface area contributed by atoms with E-state index >= 15 is 0 Å². The molecule has 11 heteroatoms. The molecule has 0 radical (unpaired) electrons. The Morgan fingerprint density at radius 3 is 1.03 bits per heavy atom. The van der Waals surface area contributed by atoms with Crippen LogP contribution in [0.2, 0.25) is 0 Å². The highest BCUT2D eigenvalue weighted by Gasteiger charge is 2.33. The predicted molar refractivity (Wildman–Crippen MR) is 157 cm³/mol. The second-order valence-corrected chi connectivity index (χ2v) is 17.4. The first kappa shape index (κ1) is 33.9. The Kier molecular flexibility index (Phi) is 9.41. The summed E-state index contributed by atoms with van der Waals surface area (Å²) >= 11 is 1.11. The van der Waals surface area contributed by atoms with E-state index in [1.54, 1.807) is 0 Å². The van der Waals surface area contributed by atoms with Crippen molar-refractivity contribution in [3.05, 3.63) is 46.5 Å². The van der Waals surface area contributed by atoms with E-state index in [0.717, 1.165) is 22.9 Å². The summed E-state index contributed by atoms with van der Waals surface area (Å²) in [5.41, 5.74) is 1.30. The third-order valence-electron chi connectivity index (χ3n) is 6.10. The summed E-state index contributed by atoms with van der Waals surface area (Å²) < 4.78 is 34.9. The van der Waals surface area contributed by atoms with Crippen LogP contribution < -0.4 is 9.05 Å². The molecule has 0 aromatic heterocycles. The number of phosphoric acid groups is 2. The van der Waals surface area contributed by atoms with E-state index < -0.39 is 26.5 Å². The number of rotatable bonds is 6. The number of phosphoric ester groups is 2. The maximum atomic E-state index is 12.1.